The van der Waals surface area contributed by atoms with E-state index >= 15 is 0 Å². The maximum Gasteiger partial charge on any atom is 0.186 e. The third kappa shape index (κ3) is 1.49. The van der Waals surface area contributed by atoms with E-state index in [1.54, 1.807) is 6.08 Å². The van der Waals surface area contributed by atoms with Crippen LogP contribution in [0.15, 0.2) is 24.1 Å². The third-order valence-corrected chi connectivity index (χ3v) is 1.40. The molecular weight excluding hydrogens is 114 g/mol. The topological polar surface area (TPSA) is 23.5 Å². The molecule has 0 aromatic rings. The highest BCUT2D eigenvalue weighted by atomic mass is 16.3. The van der Waals surface area contributed by atoms with Crippen LogP contribution >= 0.6 is 0 Å². The Bertz CT molecular complexity index is 149. The van der Waals surface area contributed by atoms with Gasteiger partial charge in [0, 0.05) is 13.6 Å². The average molecular weight is 125 g/mol. The van der Waals surface area contributed by atoms with Gasteiger partial charge < -0.3 is 10.0 Å². The van der Waals surface area contributed by atoms with Gasteiger partial charge in [-0.1, -0.05) is 12.2 Å². The molecule has 0 spiro atoms. The molecule has 0 radical (unpaired) electrons. The first-order valence-electron chi connectivity index (χ1n) is 3.07. The van der Waals surface area contributed by atoms with Crippen LogP contribution in [0.25, 0.3) is 0 Å². The Kier molecular flexibility index (Phi) is 1.78. The molecule has 0 fully saturated rings. The molecule has 0 aromatic heterocycles. The summed E-state index contributed by atoms with van der Waals surface area (Å²) in [4.78, 5) is 1.82. The summed E-state index contributed by atoms with van der Waals surface area (Å²) in [5, 5.41) is 9.09. The molecule has 9 heavy (non-hydrogen) atoms. The van der Waals surface area contributed by atoms with E-state index in [0.29, 0.717) is 5.88 Å². The Labute approximate surface area is 55.1 Å². The van der Waals surface area contributed by atoms with Crippen LogP contribution in [0.4, 0.5) is 0 Å². The van der Waals surface area contributed by atoms with Gasteiger partial charge >= 0.3 is 0 Å². The monoisotopic (exact) mass is 125 g/mol. The SMILES string of the molecule is CN1CCC=CC=C1O. The van der Waals surface area contributed by atoms with Crippen LogP contribution in [0, 0.1) is 0 Å². The van der Waals surface area contributed by atoms with Crippen molar-refractivity contribution in [2.45, 2.75) is 6.42 Å². The molecule has 0 bridgehead atoms. The second-order valence-corrected chi connectivity index (χ2v) is 2.16. The zero-order chi connectivity index (χ0) is 6.69. The minimum atomic E-state index is 0.351. The summed E-state index contributed by atoms with van der Waals surface area (Å²) < 4.78 is 0. The van der Waals surface area contributed by atoms with Crippen molar-refractivity contribution < 1.29 is 5.11 Å². The fraction of sp³-hybridized carbons (Fsp3) is 0.429. The minimum Gasteiger partial charge on any atom is -0.495 e. The maximum atomic E-state index is 9.09. The Morgan fingerprint density at radius 3 is 3.22 bits per heavy atom. The lowest BCUT2D eigenvalue weighted by Gasteiger charge is -2.14. The molecule has 1 aliphatic heterocycles. The number of hydrogen-bond acceptors (Lipinski definition) is 2. The smallest absolute Gasteiger partial charge is 0.186 e. The Morgan fingerprint density at radius 2 is 2.44 bits per heavy atom. The van der Waals surface area contributed by atoms with Crippen molar-refractivity contribution in [2.24, 2.45) is 0 Å². The molecule has 1 rings (SSSR count). The maximum absolute atomic E-state index is 9.09. The van der Waals surface area contributed by atoms with E-state index in [1.807, 2.05) is 24.1 Å². The van der Waals surface area contributed by atoms with Gasteiger partial charge in [0.05, 0.1) is 0 Å². The molecule has 50 valence electrons. The zero-order valence-electron chi connectivity index (χ0n) is 5.54. The van der Waals surface area contributed by atoms with Gasteiger partial charge in [-0.3, -0.25) is 0 Å². The number of allylic oxidation sites excluding steroid dienone is 2. The summed E-state index contributed by atoms with van der Waals surface area (Å²) >= 11 is 0. The summed E-state index contributed by atoms with van der Waals surface area (Å²) in [6.07, 6.45) is 6.63. The van der Waals surface area contributed by atoms with E-state index in [2.05, 4.69) is 0 Å². The molecule has 0 amide bonds. The highest BCUT2D eigenvalue weighted by Gasteiger charge is 2.00. The van der Waals surface area contributed by atoms with Crippen molar-refractivity contribution in [2.75, 3.05) is 13.6 Å². The van der Waals surface area contributed by atoms with E-state index in [0.717, 1.165) is 13.0 Å². The van der Waals surface area contributed by atoms with Crippen LogP contribution in [0.5, 0.6) is 0 Å². The lowest BCUT2D eigenvalue weighted by molar-refractivity contribution is 0.237. The Morgan fingerprint density at radius 1 is 1.67 bits per heavy atom. The van der Waals surface area contributed by atoms with Gasteiger partial charge in [-0.25, -0.2) is 0 Å². The predicted molar refractivity (Wildman–Crippen MR) is 37.1 cm³/mol. The van der Waals surface area contributed by atoms with Crippen LogP contribution < -0.4 is 0 Å². The highest BCUT2D eigenvalue weighted by molar-refractivity contribution is 5.08. The second-order valence-electron chi connectivity index (χ2n) is 2.16. The Balaban J connectivity index is 2.63. The van der Waals surface area contributed by atoms with Crippen LogP contribution in [-0.4, -0.2) is 23.6 Å². The zero-order valence-corrected chi connectivity index (χ0v) is 5.54. The first-order chi connectivity index (χ1) is 4.30. The molecule has 0 saturated carbocycles. The normalized spacial score (nSPS) is 19.2. The molecule has 1 N–H and O–H groups in total. The van der Waals surface area contributed by atoms with Gasteiger partial charge in [0.15, 0.2) is 5.88 Å². The number of aliphatic hydroxyl groups is 1. The quantitative estimate of drug-likeness (QED) is 0.527. The summed E-state index contributed by atoms with van der Waals surface area (Å²) in [5.74, 6) is 0.351. The first-order valence-corrected chi connectivity index (χ1v) is 3.07. The molecule has 1 heterocycles. The van der Waals surface area contributed by atoms with Crippen LogP contribution in [0.1, 0.15) is 6.42 Å². The number of nitrogens with zero attached hydrogens (tertiary/aromatic N) is 1. The van der Waals surface area contributed by atoms with Crippen molar-refractivity contribution in [3.05, 3.63) is 24.1 Å². The lowest BCUT2D eigenvalue weighted by atomic mass is 10.4. The van der Waals surface area contributed by atoms with Gasteiger partial charge in [0.1, 0.15) is 0 Å². The molecular formula is C7H11NO. The van der Waals surface area contributed by atoms with Crippen molar-refractivity contribution in [1.82, 2.24) is 4.90 Å². The molecule has 2 nitrogen and oxygen atoms in total. The fourth-order valence-electron chi connectivity index (χ4n) is 0.760. The molecule has 0 unspecified atom stereocenters. The average Bonchev–Trinajstić information content (AvgIpc) is 1.99. The molecule has 0 aliphatic carbocycles. The van der Waals surface area contributed by atoms with Crippen LogP contribution in [0.3, 0.4) is 0 Å². The minimum absolute atomic E-state index is 0.351. The summed E-state index contributed by atoms with van der Waals surface area (Å²) in [6, 6.07) is 0. The fourth-order valence-corrected chi connectivity index (χ4v) is 0.760. The van der Waals surface area contributed by atoms with Crippen LogP contribution in [0.2, 0.25) is 0 Å². The van der Waals surface area contributed by atoms with Gasteiger partial charge in [0.2, 0.25) is 0 Å². The first kappa shape index (κ1) is 6.20. The van der Waals surface area contributed by atoms with Gasteiger partial charge in [-0.2, -0.15) is 0 Å². The van der Waals surface area contributed by atoms with E-state index in [-0.39, 0.29) is 0 Å². The lowest BCUT2D eigenvalue weighted by Crippen LogP contribution is -2.17. The number of hydrogen-bond donors (Lipinski definition) is 1. The van der Waals surface area contributed by atoms with Crippen molar-refractivity contribution in [3.63, 3.8) is 0 Å². The van der Waals surface area contributed by atoms with E-state index in [4.69, 9.17) is 5.11 Å². The summed E-state index contributed by atoms with van der Waals surface area (Å²) in [6.45, 7) is 0.902. The largest absolute Gasteiger partial charge is 0.495 e. The molecule has 2 heteroatoms. The molecule has 0 saturated heterocycles. The predicted octanol–water partition coefficient (Wildman–Crippen LogP) is 1.28. The van der Waals surface area contributed by atoms with Crippen LogP contribution in [-0.2, 0) is 0 Å². The van der Waals surface area contributed by atoms with E-state index < -0.39 is 0 Å². The van der Waals surface area contributed by atoms with E-state index in [1.165, 1.54) is 0 Å². The Hall–Kier alpha value is -0.920. The van der Waals surface area contributed by atoms with Crippen molar-refractivity contribution in [1.29, 1.82) is 0 Å². The van der Waals surface area contributed by atoms with E-state index in [9.17, 15) is 0 Å². The molecule has 0 atom stereocenters. The highest BCUT2D eigenvalue weighted by Crippen LogP contribution is 2.02. The van der Waals surface area contributed by atoms with Gasteiger partial charge in [0.25, 0.3) is 0 Å². The van der Waals surface area contributed by atoms with Crippen molar-refractivity contribution >= 4 is 0 Å². The number of aliphatic hydroxyl groups excluding tert-OH is 1. The molecule has 0 aromatic carbocycles. The summed E-state index contributed by atoms with van der Waals surface area (Å²) in [7, 11) is 1.87. The second kappa shape index (κ2) is 2.58. The number of rotatable bonds is 0. The standard InChI is InChI=1S/C7H11NO/c1-8-6-4-2-3-5-7(8)9/h2-3,5,9H,4,6H2,1H3. The van der Waals surface area contributed by atoms with Crippen molar-refractivity contribution in [3.8, 4) is 0 Å². The molecule has 1 aliphatic rings. The van der Waals surface area contributed by atoms with Gasteiger partial charge in [-0.15, -0.1) is 0 Å². The third-order valence-electron chi connectivity index (χ3n) is 1.40. The van der Waals surface area contributed by atoms with Gasteiger partial charge in [-0.05, 0) is 12.5 Å². The summed E-state index contributed by atoms with van der Waals surface area (Å²) in [5.41, 5.74) is 0.